The molecule has 0 amide bonds. The zero-order valence-electron chi connectivity index (χ0n) is 10.7. The van der Waals surface area contributed by atoms with Crippen molar-refractivity contribution in [2.24, 2.45) is 5.73 Å². The smallest absolute Gasteiger partial charge is 0.228 e. The molecule has 1 unspecified atom stereocenters. The lowest BCUT2D eigenvalue weighted by molar-refractivity contribution is 0.363. The number of hydrogen-bond donors (Lipinski definition) is 1. The SMILES string of the molecule is CCC(N)Cc1nc(CCc2ccccc2)no1. The Morgan fingerprint density at radius 3 is 2.72 bits per heavy atom. The first-order chi connectivity index (χ1) is 8.78. The Morgan fingerprint density at radius 2 is 2.00 bits per heavy atom. The van der Waals surface area contributed by atoms with E-state index in [2.05, 4.69) is 29.2 Å². The maximum Gasteiger partial charge on any atom is 0.228 e. The lowest BCUT2D eigenvalue weighted by atomic mass is 10.1. The quantitative estimate of drug-likeness (QED) is 0.846. The lowest BCUT2D eigenvalue weighted by Crippen LogP contribution is -2.21. The molecule has 4 nitrogen and oxygen atoms in total. The largest absolute Gasteiger partial charge is 0.339 e. The van der Waals surface area contributed by atoms with Crippen molar-refractivity contribution >= 4 is 0 Å². The summed E-state index contributed by atoms with van der Waals surface area (Å²) >= 11 is 0. The number of nitrogens with two attached hydrogens (primary N) is 1. The van der Waals surface area contributed by atoms with Crippen molar-refractivity contribution in [1.82, 2.24) is 10.1 Å². The van der Waals surface area contributed by atoms with E-state index in [1.807, 2.05) is 18.2 Å². The van der Waals surface area contributed by atoms with E-state index in [0.29, 0.717) is 12.3 Å². The molecule has 4 heteroatoms. The summed E-state index contributed by atoms with van der Waals surface area (Å²) in [6.45, 7) is 2.05. The summed E-state index contributed by atoms with van der Waals surface area (Å²) < 4.78 is 5.18. The van der Waals surface area contributed by atoms with Crippen LogP contribution in [0.5, 0.6) is 0 Å². The molecule has 1 aromatic heterocycles. The standard InChI is InChI=1S/C14H19N3O/c1-2-12(15)10-14-16-13(17-18-14)9-8-11-6-4-3-5-7-11/h3-7,12H,2,8-10,15H2,1H3. The summed E-state index contributed by atoms with van der Waals surface area (Å²) in [6, 6.07) is 10.4. The highest BCUT2D eigenvalue weighted by Crippen LogP contribution is 2.06. The van der Waals surface area contributed by atoms with Gasteiger partial charge in [-0.3, -0.25) is 0 Å². The molecule has 0 aliphatic carbocycles. The Morgan fingerprint density at radius 1 is 1.22 bits per heavy atom. The van der Waals surface area contributed by atoms with E-state index in [1.54, 1.807) is 0 Å². The molecule has 96 valence electrons. The van der Waals surface area contributed by atoms with Gasteiger partial charge in [0.1, 0.15) is 0 Å². The Kier molecular flexibility index (Phi) is 4.47. The number of benzene rings is 1. The van der Waals surface area contributed by atoms with Crippen LogP contribution in [0.2, 0.25) is 0 Å². The fraction of sp³-hybridized carbons (Fsp3) is 0.429. The van der Waals surface area contributed by atoms with Crippen molar-refractivity contribution < 1.29 is 4.52 Å². The molecular formula is C14H19N3O. The van der Waals surface area contributed by atoms with Crippen LogP contribution in [-0.4, -0.2) is 16.2 Å². The van der Waals surface area contributed by atoms with E-state index < -0.39 is 0 Å². The Balaban J connectivity index is 1.87. The van der Waals surface area contributed by atoms with Gasteiger partial charge < -0.3 is 10.3 Å². The third-order valence-corrected chi connectivity index (χ3v) is 2.95. The van der Waals surface area contributed by atoms with Gasteiger partial charge in [-0.1, -0.05) is 42.4 Å². The van der Waals surface area contributed by atoms with Crippen molar-refractivity contribution in [3.63, 3.8) is 0 Å². The Bertz CT molecular complexity index is 467. The number of rotatable bonds is 6. The van der Waals surface area contributed by atoms with Gasteiger partial charge in [0, 0.05) is 18.9 Å². The minimum absolute atomic E-state index is 0.104. The Labute approximate surface area is 107 Å². The molecule has 1 heterocycles. The van der Waals surface area contributed by atoms with E-state index in [4.69, 9.17) is 10.3 Å². The van der Waals surface area contributed by atoms with Crippen molar-refractivity contribution in [3.8, 4) is 0 Å². The monoisotopic (exact) mass is 245 g/mol. The van der Waals surface area contributed by atoms with E-state index >= 15 is 0 Å². The first kappa shape index (κ1) is 12.8. The van der Waals surface area contributed by atoms with Gasteiger partial charge in [0.25, 0.3) is 0 Å². The zero-order chi connectivity index (χ0) is 12.8. The molecule has 0 bridgehead atoms. The normalized spacial score (nSPS) is 12.6. The third kappa shape index (κ3) is 3.67. The maximum atomic E-state index is 5.85. The lowest BCUT2D eigenvalue weighted by Gasteiger charge is -2.02. The molecule has 0 spiro atoms. The highest BCUT2D eigenvalue weighted by molar-refractivity contribution is 5.15. The first-order valence-corrected chi connectivity index (χ1v) is 6.39. The van der Waals surface area contributed by atoms with Gasteiger partial charge in [0.05, 0.1) is 0 Å². The summed E-state index contributed by atoms with van der Waals surface area (Å²) in [5, 5.41) is 3.98. The van der Waals surface area contributed by atoms with Crippen LogP contribution in [0.4, 0.5) is 0 Å². The second kappa shape index (κ2) is 6.31. The van der Waals surface area contributed by atoms with Gasteiger partial charge in [-0.25, -0.2) is 0 Å². The van der Waals surface area contributed by atoms with Crippen LogP contribution < -0.4 is 5.73 Å². The topological polar surface area (TPSA) is 64.9 Å². The van der Waals surface area contributed by atoms with Crippen LogP contribution in [-0.2, 0) is 19.3 Å². The summed E-state index contributed by atoms with van der Waals surface area (Å²) in [7, 11) is 0. The molecule has 0 radical (unpaired) electrons. The number of nitrogens with zero attached hydrogens (tertiary/aromatic N) is 2. The fourth-order valence-electron chi connectivity index (χ4n) is 1.74. The van der Waals surface area contributed by atoms with E-state index in [1.165, 1.54) is 5.56 Å². The van der Waals surface area contributed by atoms with Crippen LogP contribution in [0, 0.1) is 0 Å². The van der Waals surface area contributed by atoms with Crippen LogP contribution in [0.1, 0.15) is 30.6 Å². The highest BCUT2D eigenvalue weighted by Gasteiger charge is 2.09. The van der Waals surface area contributed by atoms with Gasteiger partial charge in [-0.15, -0.1) is 0 Å². The van der Waals surface area contributed by atoms with Crippen LogP contribution in [0.15, 0.2) is 34.9 Å². The molecule has 1 atom stereocenters. The average molecular weight is 245 g/mol. The number of hydrogen-bond acceptors (Lipinski definition) is 4. The minimum Gasteiger partial charge on any atom is -0.339 e. The van der Waals surface area contributed by atoms with E-state index in [-0.39, 0.29) is 6.04 Å². The second-order valence-electron chi connectivity index (χ2n) is 4.46. The molecule has 0 aliphatic rings. The van der Waals surface area contributed by atoms with Crippen LogP contribution in [0.3, 0.4) is 0 Å². The molecule has 0 saturated carbocycles. The van der Waals surface area contributed by atoms with E-state index in [0.717, 1.165) is 25.1 Å². The molecular weight excluding hydrogens is 226 g/mol. The van der Waals surface area contributed by atoms with Crippen molar-refractivity contribution in [3.05, 3.63) is 47.6 Å². The fourth-order valence-corrected chi connectivity index (χ4v) is 1.74. The van der Waals surface area contributed by atoms with Gasteiger partial charge >= 0.3 is 0 Å². The minimum atomic E-state index is 0.104. The molecule has 0 aliphatic heterocycles. The van der Waals surface area contributed by atoms with Crippen LogP contribution in [0.25, 0.3) is 0 Å². The molecule has 0 fully saturated rings. The summed E-state index contributed by atoms with van der Waals surface area (Å²) in [5.41, 5.74) is 7.14. The first-order valence-electron chi connectivity index (χ1n) is 6.39. The van der Waals surface area contributed by atoms with E-state index in [9.17, 15) is 0 Å². The molecule has 2 aromatic rings. The predicted octanol–water partition coefficient (Wildman–Crippen LogP) is 2.13. The molecule has 0 saturated heterocycles. The van der Waals surface area contributed by atoms with Crippen molar-refractivity contribution in [2.45, 2.75) is 38.6 Å². The summed E-state index contributed by atoms with van der Waals surface area (Å²) in [6.07, 6.45) is 3.31. The maximum absolute atomic E-state index is 5.85. The highest BCUT2D eigenvalue weighted by atomic mass is 16.5. The van der Waals surface area contributed by atoms with Crippen molar-refractivity contribution in [1.29, 1.82) is 0 Å². The van der Waals surface area contributed by atoms with Crippen LogP contribution >= 0.6 is 0 Å². The van der Waals surface area contributed by atoms with Gasteiger partial charge in [-0.2, -0.15) is 4.98 Å². The van der Waals surface area contributed by atoms with Gasteiger partial charge in [0.2, 0.25) is 5.89 Å². The molecule has 2 N–H and O–H groups in total. The summed E-state index contributed by atoms with van der Waals surface area (Å²) in [5.74, 6) is 1.41. The molecule has 18 heavy (non-hydrogen) atoms. The number of aryl methyl sites for hydroxylation is 2. The summed E-state index contributed by atoms with van der Waals surface area (Å²) in [4.78, 5) is 4.36. The molecule has 1 aromatic carbocycles. The second-order valence-corrected chi connectivity index (χ2v) is 4.46. The average Bonchev–Trinajstić information content (AvgIpc) is 2.85. The number of aromatic nitrogens is 2. The van der Waals surface area contributed by atoms with Gasteiger partial charge in [0.15, 0.2) is 5.82 Å². The van der Waals surface area contributed by atoms with Gasteiger partial charge in [-0.05, 0) is 18.4 Å². The molecule has 2 rings (SSSR count). The predicted molar refractivity (Wildman–Crippen MR) is 70.1 cm³/mol. The third-order valence-electron chi connectivity index (χ3n) is 2.95. The Hall–Kier alpha value is -1.68. The zero-order valence-corrected chi connectivity index (χ0v) is 10.7. The van der Waals surface area contributed by atoms with Crippen molar-refractivity contribution in [2.75, 3.05) is 0 Å².